The van der Waals surface area contributed by atoms with Crippen LogP contribution in [0, 0.1) is 11.6 Å². The van der Waals surface area contributed by atoms with Crippen molar-refractivity contribution in [1.29, 1.82) is 0 Å². The minimum atomic E-state index is -0.306. The third-order valence-electron chi connectivity index (χ3n) is 5.18. The Morgan fingerprint density at radius 2 is 1.66 bits per heavy atom. The number of fused-ring (bicyclic) bond motifs is 1. The van der Waals surface area contributed by atoms with Crippen molar-refractivity contribution in [3.8, 4) is 17.1 Å². The lowest BCUT2D eigenvalue weighted by Gasteiger charge is -2.15. The average Bonchev–Trinajstić information content (AvgIpc) is 3.32. The highest BCUT2D eigenvalue weighted by atomic mass is 19.1. The summed E-state index contributed by atoms with van der Waals surface area (Å²) in [4.78, 5) is 13.8. The first kappa shape index (κ1) is 20.3. The first-order valence-corrected chi connectivity index (χ1v) is 10.3. The molecule has 1 aliphatic rings. The summed E-state index contributed by atoms with van der Waals surface area (Å²) >= 11 is 0. The maximum atomic E-state index is 13.3. The number of aromatic nitrogens is 3. The molecule has 1 fully saturated rings. The lowest BCUT2D eigenvalue weighted by Crippen LogP contribution is -2.17. The van der Waals surface area contributed by atoms with E-state index in [-0.39, 0.29) is 17.7 Å². The second-order valence-corrected chi connectivity index (χ2v) is 7.51. The third-order valence-corrected chi connectivity index (χ3v) is 5.18. The summed E-state index contributed by atoms with van der Waals surface area (Å²) in [6.45, 7) is 1.55. The van der Waals surface area contributed by atoms with E-state index in [1.54, 1.807) is 24.3 Å². The van der Waals surface area contributed by atoms with Gasteiger partial charge < -0.3 is 14.8 Å². The first-order valence-electron chi connectivity index (χ1n) is 10.3. The minimum Gasteiger partial charge on any atom is -0.470 e. The van der Waals surface area contributed by atoms with Crippen LogP contribution < -0.4 is 10.1 Å². The summed E-state index contributed by atoms with van der Waals surface area (Å²) in [5, 5.41) is 3.17. The third kappa shape index (κ3) is 4.50. The molecule has 3 heterocycles. The highest BCUT2D eigenvalue weighted by molar-refractivity contribution is 5.83. The normalized spacial score (nSPS) is 15.8. The molecule has 1 saturated heterocycles. The van der Waals surface area contributed by atoms with Crippen molar-refractivity contribution in [1.82, 2.24) is 15.0 Å². The number of hydrogen-bond acceptors (Lipinski definition) is 6. The molecule has 5 rings (SSSR count). The number of hydrogen-bond donors (Lipinski definition) is 1. The second-order valence-electron chi connectivity index (χ2n) is 7.51. The van der Waals surface area contributed by atoms with Crippen LogP contribution in [0.3, 0.4) is 0 Å². The van der Waals surface area contributed by atoms with Crippen LogP contribution in [0.5, 0.6) is 5.88 Å². The van der Waals surface area contributed by atoms with E-state index >= 15 is 0 Å². The van der Waals surface area contributed by atoms with Crippen LogP contribution in [-0.4, -0.2) is 34.3 Å². The van der Waals surface area contributed by atoms with Gasteiger partial charge in [-0.1, -0.05) is 12.1 Å². The molecule has 0 saturated carbocycles. The Balaban J connectivity index is 1.49. The molecular weight excluding hydrogens is 414 g/mol. The highest BCUT2D eigenvalue weighted by Gasteiger charge is 2.21. The molecular formula is C24H20F2N4O2. The number of nitrogens with zero attached hydrogens (tertiary/aromatic N) is 3. The Kier molecular flexibility index (Phi) is 5.60. The van der Waals surface area contributed by atoms with Crippen LogP contribution in [0.15, 0.2) is 60.7 Å². The van der Waals surface area contributed by atoms with Crippen molar-refractivity contribution in [2.24, 2.45) is 0 Å². The summed E-state index contributed by atoms with van der Waals surface area (Å²) in [6, 6.07) is 16.0. The number of ether oxygens (including phenoxy) is 2. The lowest BCUT2D eigenvalue weighted by atomic mass is 10.1. The van der Waals surface area contributed by atoms with E-state index in [1.807, 2.05) is 12.1 Å². The van der Waals surface area contributed by atoms with Crippen molar-refractivity contribution in [3.63, 3.8) is 0 Å². The molecule has 8 heteroatoms. The minimum absolute atomic E-state index is 0.116. The van der Waals surface area contributed by atoms with Gasteiger partial charge in [-0.25, -0.2) is 18.7 Å². The fourth-order valence-corrected chi connectivity index (χ4v) is 3.48. The molecule has 0 amide bonds. The Hall–Kier alpha value is -3.65. The van der Waals surface area contributed by atoms with Gasteiger partial charge in [-0.15, -0.1) is 0 Å². The van der Waals surface area contributed by atoms with E-state index in [9.17, 15) is 8.78 Å². The molecule has 32 heavy (non-hydrogen) atoms. The molecule has 1 N–H and O–H groups in total. The van der Waals surface area contributed by atoms with E-state index in [0.717, 1.165) is 17.5 Å². The topological polar surface area (TPSA) is 69.2 Å². The van der Waals surface area contributed by atoms with Crippen molar-refractivity contribution in [2.75, 3.05) is 18.5 Å². The zero-order chi connectivity index (χ0) is 21.9. The van der Waals surface area contributed by atoms with Crippen LogP contribution in [0.2, 0.25) is 0 Å². The predicted molar refractivity (Wildman–Crippen MR) is 116 cm³/mol. The highest BCUT2D eigenvalue weighted by Crippen LogP contribution is 2.28. The Morgan fingerprint density at radius 3 is 2.38 bits per heavy atom. The monoisotopic (exact) mass is 434 g/mol. The summed E-state index contributed by atoms with van der Waals surface area (Å²) in [5.74, 6) is 0.149. The van der Waals surface area contributed by atoms with Gasteiger partial charge in [0.15, 0.2) is 5.52 Å². The van der Waals surface area contributed by atoms with Crippen molar-refractivity contribution in [2.45, 2.75) is 19.1 Å². The van der Waals surface area contributed by atoms with Crippen LogP contribution >= 0.6 is 0 Å². The number of halogens is 2. The molecule has 4 aromatic rings. The zero-order valence-corrected chi connectivity index (χ0v) is 17.1. The molecule has 0 radical (unpaired) electrons. The number of rotatable bonds is 6. The molecule has 0 aliphatic carbocycles. The van der Waals surface area contributed by atoms with Crippen LogP contribution in [-0.2, 0) is 11.3 Å². The molecule has 6 nitrogen and oxygen atoms in total. The maximum Gasteiger partial charge on any atom is 0.245 e. The fourth-order valence-electron chi connectivity index (χ4n) is 3.48. The van der Waals surface area contributed by atoms with Gasteiger partial charge in [-0.05, 0) is 54.1 Å². The molecule has 2 aromatic heterocycles. The zero-order valence-electron chi connectivity index (χ0n) is 17.1. The smallest absolute Gasteiger partial charge is 0.245 e. The molecule has 162 valence electrons. The van der Waals surface area contributed by atoms with E-state index in [1.165, 1.54) is 24.3 Å². The van der Waals surface area contributed by atoms with E-state index in [0.29, 0.717) is 48.3 Å². The Morgan fingerprint density at radius 1 is 0.906 bits per heavy atom. The molecule has 1 aliphatic heterocycles. The molecule has 1 atom stereocenters. The summed E-state index contributed by atoms with van der Waals surface area (Å²) < 4.78 is 38.0. The van der Waals surface area contributed by atoms with Crippen molar-refractivity contribution >= 4 is 17.0 Å². The molecule has 0 spiro atoms. The van der Waals surface area contributed by atoms with Gasteiger partial charge in [0.1, 0.15) is 17.7 Å². The molecule has 2 aromatic carbocycles. The van der Waals surface area contributed by atoms with Crippen LogP contribution in [0.4, 0.5) is 14.7 Å². The van der Waals surface area contributed by atoms with E-state index < -0.39 is 0 Å². The number of nitrogens with one attached hydrogen (secondary N) is 1. The van der Waals surface area contributed by atoms with Gasteiger partial charge in [0.25, 0.3) is 0 Å². The van der Waals surface area contributed by atoms with E-state index in [2.05, 4.69) is 15.3 Å². The quantitative estimate of drug-likeness (QED) is 0.472. The van der Waals surface area contributed by atoms with Crippen LogP contribution in [0.1, 0.15) is 12.0 Å². The van der Waals surface area contributed by atoms with Gasteiger partial charge in [0, 0.05) is 18.5 Å². The van der Waals surface area contributed by atoms with Crippen LogP contribution in [0.25, 0.3) is 22.3 Å². The Bertz CT molecular complexity index is 1230. The molecule has 1 unspecified atom stereocenters. The van der Waals surface area contributed by atoms with E-state index in [4.69, 9.17) is 14.5 Å². The van der Waals surface area contributed by atoms with Gasteiger partial charge in [-0.3, -0.25) is 0 Å². The summed E-state index contributed by atoms with van der Waals surface area (Å²) in [7, 11) is 0. The molecule has 0 bridgehead atoms. The summed E-state index contributed by atoms with van der Waals surface area (Å²) in [6.07, 6.45) is 0.649. The average molecular weight is 434 g/mol. The van der Waals surface area contributed by atoms with Gasteiger partial charge in [-0.2, -0.15) is 4.98 Å². The van der Waals surface area contributed by atoms with Gasteiger partial charge in [0.2, 0.25) is 11.8 Å². The maximum absolute atomic E-state index is 13.3. The van der Waals surface area contributed by atoms with Gasteiger partial charge >= 0.3 is 0 Å². The van der Waals surface area contributed by atoms with Gasteiger partial charge in [0.05, 0.1) is 24.4 Å². The lowest BCUT2D eigenvalue weighted by molar-refractivity contribution is 0.139. The number of benzene rings is 2. The van der Waals surface area contributed by atoms with Crippen molar-refractivity contribution < 1.29 is 18.3 Å². The number of pyridine rings is 1. The summed E-state index contributed by atoms with van der Waals surface area (Å²) in [5.41, 5.74) is 3.47. The predicted octanol–water partition coefficient (Wildman–Crippen LogP) is 4.75. The fraction of sp³-hybridized carbons (Fsp3) is 0.208. The standard InChI is InChI=1S/C24H20F2N4O2/c25-17-5-1-15(2-6-17)13-27-24-29-21-10-9-20(16-3-7-18(26)8-4-16)28-22(21)23(30-24)32-19-11-12-31-14-19/h1-10,19H,11-14H2,(H,27,29,30). The largest absolute Gasteiger partial charge is 0.470 e. The van der Waals surface area contributed by atoms with Crippen molar-refractivity contribution in [3.05, 3.63) is 77.9 Å². The Labute approximate surface area is 183 Å². The second kappa shape index (κ2) is 8.84. The first-order chi connectivity index (χ1) is 15.6. The SMILES string of the molecule is Fc1ccc(CNc2nc(OC3CCOC3)c3nc(-c4ccc(F)cc4)ccc3n2)cc1. The number of anilines is 1.